The third-order valence-corrected chi connectivity index (χ3v) is 1.04. The Morgan fingerprint density at radius 2 is 2.50 bits per heavy atom. The number of allylic oxidation sites excluding steroid dienone is 1. The molecular formula is C3H7NOSi. The lowest BCUT2D eigenvalue weighted by Crippen LogP contribution is -2.10. The normalized spacial score (nSPS) is 7.33. The lowest BCUT2D eigenvalue weighted by Gasteiger charge is -1.72. The standard InChI is InChI=1S/C3H7NOSi/c1-2-3-6(4)5/h2H,1,3-4H2. The van der Waals surface area contributed by atoms with E-state index >= 15 is 0 Å². The van der Waals surface area contributed by atoms with Crippen LogP contribution in [0.1, 0.15) is 0 Å². The molecule has 0 aliphatic heterocycles. The first-order chi connectivity index (χ1) is 2.77. The predicted octanol–water partition coefficient (Wildman–Crippen LogP) is 0.0498. The Morgan fingerprint density at radius 1 is 2.00 bits per heavy atom. The molecule has 0 aliphatic rings. The van der Waals surface area contributed by atoms with Crippen LogP contribution >= 0.6 is 0 Å². The van der Waals surface area contributed by atoms with E-state index in [9.17, 15) is 4.46 Å². The smallest absolute Gasteiger partial charge is 0.393 e. The second kappa shape index (κ2) is 2.78. The summed E-state index contributed by atoms with van der Waals surface area (Å²) in [7, 11) is -1.75. The molecule has 0 bridgehead atoms. The van der Waals surface area contributed by atoms with Gasteiger partial charge in [0.15, 0.2) is 0 Å². The van der Waals surface area contributed by atoms with Crippen molar-refractivity contribution in [1.29, 1.82) is 0 Å². The summed E-state index contributed by atoms with van der Waals surface area (Å²) in [4.78, 5) is 0. The topological polar surface area (TPSA) is 43.1 Å². The van der Waals surface area contributed by atoms with Crippen LogP contribution in [0.5, 0.6) is 0 Å². The maximum absolute atomic E-state index is 9.94. The molecule has 0 aromatic rings. The highest BCUT2D eigenvalue weighted by Crippen LogP contribution is 1.71. The second-order valence-electron chi connectivity index (χ2n) is 0.959. The monoisotopic (exact) mass is 101 g/mol. The molecule has 0 unspecified atom stereocenters. The fourth-order valence-electron chi connectivity index (χ4n) is 0.142. The van der Waals surface area contributed by atoms with Gasteiger partial charge in [-0.1, -0.05) is 6.08 Å². The molecule has 3 heteroatoms. The van der Waals surface area contributed by atoms with Gasteiger partial charge in [-0.2, -0.15) is 0 Å². The van der Waals surface area contributed by atoms with Gasteiger partial charge in [-0.25, -0.2) is 0 Å². The van der Waals surface area contributed by atoms with E-state index in [1.807, 2.05) is 0 Å². The molecule has 0 aliphatic carbocycles. The predicted molar refractivity (Wildman–Crippen MR) is 25.6 cm³/mol. The zero-order valence-electron chi connectivity index (χ0n) is 3.48. The third-order valence-electron chi connectivity index (χ3n) is 0.346. The van der Waals surface area contributed by atoms with Crippen molar-refractivity contribution in [2.45, 2.75) is 6.04 Å². The summed E-state index contributed by atoms with van der Waals surface area (Å²) in [5, 5.41) is 4.88. The molecule has 0 atom stereocenters. The van der Waals surface area contributed by atoms with Gasteiger partial charge in [-0.05, 0) is 0 Å². The van der Waals surface area contributed by atoms with Crippen LogP contribution in [-0.2, 0) is 4.46 Å². The van der Waals surface area contributed by atoms with Gasteiger partial charge in [0.1, 0.15) is 0 Å². The van der Waals surface area contributed by atoms with Crippen molar-refractivity contribution in [1.82, 2.24) is 0 Å². The van der Waals surface area contributed by atoms with Crippen LogP contribution in [0.25, 0.3) is 0 Å². The molecule has 0 rings (SSSR count). The first-order valence-electron chi connectivity index (χ1n) is 1.66. The molecule has 0 heterocycles. The summed E-state index contributed by atoms with van der Waals surface area (Å²) in [6.07, 6.45) is 1.56. The molecule has 0 aromatic heterocycles. The molecule has 2 nitrogen and oxygen atoms in total. The molecule has 0 spiro atoms. The maximum atomic E-state index is 9.94. The molecule has 0 radical (unpaired) electrons. The Bertz CT molecular complexity index is 71.2. The average Bonchev–Trinajstić information content (AvgIpc) is 1.35. The van der Waals surface area contributed by atoms with Gasteiger partial charge in [0, 0.05) is 6.04 Å². The summed E-state index contributed by atoms with van der Waals surface area (Å²) in [6, 6.07) is 0.463. The summed E-state index contributed by atoms with van der Waals surface area (Å²) in [6.45, 7) is 3.35. The van der Waals surface area contributed by atoms with Crippen LogP contribution in [0.2, 0.25) is 6.04 Å². The van der Waals surface area contributed by atoms with Crippen molar-refractivity contribution in [3.05, 3.63) is 12.7 Å². The zero-order valence-corrected chi connectivity index (χ0v) is 4.48. The minimum Gasteiger partial charge on any atom is -0.403 e. The highest BCUT2D eigenvalue weighted by molar-refractivity contribution is 6.39. The minimum absolute atomic E-state index is 0.463. The molecule has 6 heavy (non-hydrogen) atoms. The van der Waals surface area contributed by atoms with Gasteiger partial charge in [0.05, 0.1) is 0 Å². The van der Waals surface area contributed by atoms with E-state index in [0.717, 1.165) is 0 Å². The van der Waals surface area contributed by atoms with Crippen molar-refractivity contribution in [2.75, 3.05) is 0 Å². The summed E-state index contributed by atoms with van der Waals surface area (Å²) >= 11 is 0. The van der Waals surface area contributed by atoms with Crippen LogP contribution in [0.3, 0.4) is 0 Å². The lowest BCUT2D eigenvalue weighted by molar-refractivity contribution is 0.563. The molecule has 0 amide bonds. The molecule has 0 aromatic carbocycles. The van der Waals surface area contributed by atoms with E-state index in [2.05, 4.69) is 6.58 Å². The molecule has 0 saturated heterocycles. The third kappa shape index (κ3) is 3.56. The van der Waals surface area contributed by atoms with E-state index in [4.69, 9.17) is 5.40 Å². The van der Waals surface area contributed by atoms with E-state index in [-0.39, 0.29) is 0 Å². The van der Waals surface area contributed by atoms with Crippen molar-refractivity contribution < 1.29 is 4.46 Å². The largest absolute Gasteiger partial charge is 0.403 e. The van der Waals surface area contributed by atoms with Gasteiger partial charge >= 0.3 is 8.84 Å². The lowest BCUT2D eigenvalue weighted by atomic mass is 10.8. The Hall–Kier alpha value is -0.443. The van der Waals surface area contributed by atoms with E-state index in [1.54, 1.807) is 6.08 Å². The van der Waals surface area contributed by atoms with E-state index in [0.29, 0.717) is 6.04 Å². The van der Waals surface area contributed by atoms with Gasteiger partial charge in [0.25, 0.3) is 0 Å². The van der Waals surface area contributed by atoms with Crippen molar-refractivity contribution in [2.24, 2.45) is 5.40 Å². The first kappa shape index (κ1) is 5.56. The fourth-order valence-corrected chi connectivity index (χ4v) is 0.427. The highest BCUT2D eigenvalue weighted by atomic mass is 28.3. The van der Waals surface area contributed by atoms with Crippen LogP contribution in [-0.4, -0.2) is 8.84 Å². The van der Waals surface area contributed by atoms with Crippen LogP contribution in [0, 0.1) is 0 Å². The second-order valence-corrected chi connectivity index (χ2v) is 2.30. The Morgan fingerprint density at radius 3 is 2.50 bits per heavy atom. The zero-order chi connectivity index (χ0) is 4.99. The Kier molecular flexibility index (Phi) is 2.57. The Labute approximate surface area is 38.4 Å². The van der Waals surface area contributed by atoms with Crippen molar-refractivity contribution >= 4 is 8.84 Å². The number of nitrogens with two attached hydrogens (primary N) is 1. The van der Waals surface area contributed by atoms with E-state index < -0.39 is 8.84 Å². The van der Waals surface area contributed by atoms with Gasteiger partial charge in [0.2, 0.25) is 0 Å². The van der Waals surface area contributed by atoms with Crippen LogP contribution < -0.4 is 5.40 Å². The van der Waals surface area contributed by atoms with Gasteiger partial charge < -0.3 is 9.86 Å². The average molecular weight is 101 g/mol. The summed E-state index contributed by atoms with van der Waals surface area (Å²) in [5.41, 5.74) is 0. The number of hydrogen-bond donors (Lipinski definition) is 1. The molecular weight excluding hydrogens is 94.1 g/mol. The molecule has 2 N–H and O–H groups in total. The summed E-state index contributed by atoms with van der Waals surface area (Å²) < 4.78 is 9.94. The van der Waals surface area contributed by atoms with Gasteiger partial charge in [-0.15, -0.1) is 6.58 Å². The SMILES string of the molecule is C=CC[Si](N)=O. The van der Waals surface area contributed by atoms with Crippen LogP contribution in [0.15, 0.2) is 12.7 Å². The number of hydrogen-bond acceptors (Lipinski definition) is 1. The van der Waals surface area contributed by atoms with E-state index in [1.165, 1.54) is 0 Å². The molecule has 0 saturated carbocycles. The quantitative estimate of drug-likeness (QED) is 0.394. The fraction of sp³-hybridized carbons (Fsp3) is 0.333. The Balaban J connectivity index is 3.05. The number of rotatable bonds is 2. The van der Waals surface area contributed by atoms with Crippen LogP contribution in [0.4, 0.5) is 0 Å². The van der Waals surface area contributed by atoms with Gasteiger partial charge in [-0.3, -0.25) is 0 Å². The van der Waals surface area contributed by atoms with Crippen molar-refractivity contribution in [3.63, 3.8) is 0 Å². The minimum atomic E-state index is -1.75. The summed E-state index contributed by atoms with van der Waals surface area (Å²) in [5.74, 6) is 0. The first-order valence-corrected chi connectivity index (χ1v) is 3.36. The molecule has 0 fully saturated rings. The van der Waals surface area contributed by atoms with Crippen molar-refractivity contribution in [3.8, 4) is 0 Å². The maximum Gasteiger partial charge on any atom is 0.393 e. The molecule has 34 valence electrons. The highest BCUT2D eigenvalue weighted by Gasteiger charge is 1.86.